The van der Waals surface area contributed by atoms with Crippen molar-refractivity contribution in [1.82, 2.24) is 9.97 Å². The van der Waals surface area contributed by atoms with E-state index >= 15 is 0 Å². The summed E-state index contributed by atoms with van der Waals surface area (Å²) < 4.78 is 6.72. The zero-order valence-corrected chi connectivity index (χ0v) is 32.9. The Morgan fingerprint density at radius 2 is 1.12 bits per heavy atom. The number of hydrogen-bond acceptors (Lipinski definition) is 4. The van der Waals surface area contributed by atoms with Crippen LogP contribution in [-0.2, 0) is 5.41 Å². The average molecular weight is 765 g/mol. The van der Waals surface area contributed by atoms with Crippen LogP contribution in [0.3, 0.4) is 0 Å². The van der Waals surface area contributed by atoms with Crippen LogP contribution in [0.4, 0.5) is 0 Å². The number of ether oxygens (including phenoxy) is 1. The highest BCUT2D eigenvalue weighted by molar-refractivity contribution is 7.99. The second kappa shape index (κ2) is 12.5. The average Bonchev–Trinajstić information content (AvgIpc) is 3.58. The van der Waals surface area contributed by atoms with Crippen LogP contribution in [0.1, 0.15) is 43.2 Å². The molecule has 1 aliphatic heterocycles. The summed E-state index contributed by atoms with van der Waals surface area (Å²) in [5.41, 5.74) is 13.3. The Morgan fingerprint density at radius 1 is 0.483 bits per heavy atom. The fourth-order valence-electron chi connectivity index (χ4n) is 12.3. The molecule has 2 heterocycles. The molecule has 1 spiro atoms. The number of nitrogens with zero attached hydrogens (tertiary/aromatic N) is 2. The quantitative estimate of drug-likeness (QED) is 0.179. The van der Waals surface area contributed by atoms with Gasteiger partial charge in [-0.25, -0.2) is 9.97 Å². The summed E-state index contributed by atoms with van der Waals surface area (Å²) in [7, 11) is 0. The first-order valence-corrected chi connectivity index (χ1v) is 21.8. The van der Waals surface area contributed by atoms with Crippen LogP contribution in [0.5, 0.6) is 11.5 Å². The molecule has 4 fully saturated rings. The molecular formula is C54H40N2OS. The van der Waals surface area contributed by atoms with Gasteiger partial charge >= 0.3 is 0 Å². The van der Waals surface area contributed by atoms with E-state index in [4.69, 9.17) is 14.7 Å². The maximum atomic E-state index is 6.72. The first-order valence-electron chi connectivity index (χ1n) is 21.0. The highest BCUT2D eigenvalue weighted by Gasteiger charge is 2.62. The Kier molecular flexibility index (Phi) is 7.13. The van der Waals surface area contributed by atoms with Crippen molar-refractivity contribution in [1.29, 1.82) is 0 Å². The molecule has 0 amide bonds. The summed E-state index contributed by atoms with van der Waals surface area (Å²) in [6.07, 6.45) is 6.70. The number of rotatable bonds is 4. The van der Waals surface area contributed by atoms with Crippen LogP contribution < -0.4 is 4.74 Å². The van der Waals surface area contributed by atoms with Gasteiger partial charge in [0.1, 0.15) is 11.5 Å². The SMILES string of the molecule is c1ccc(-c2cccc(-c3cc(-c4ccccc4)nc(-c4cc5c(c6ccccc46)-c4c(ccc6c4Sc4ccccc4O6)C54C5CC6CC(C5)CC4C6)n3)c2)cc1. The zero-order valence-electron chi connectivity index (χ0n) is 32.1. The second-order valence-electron chi connectivity index (χ2n) is 17.3. The van der Waals surface area contributed by atoms with E-state index in [0.717, 1.165) is 57.2 Å². The summed E-state index contributed by atoms with van der Waals surface area (Å²) in [5, 5.41) is 2.48. The molecule has 0 N–H and O–H groups in total. The maximum absolute atomic E-state index is 6.72. The first kappa shape index (κ1) is 33.0. The van der Waals surface area contributed by atoms with Gasteiger partial charge in [0.05, 0.1) is 21.2 Å². The molecule has 6 aliphatic rings. The third-order valence-corrected chi connectivity index (χ3v) is 15.5. The van der Waals surface area contributed by atoms with Gasteiger partial charge in [-0.3, -0.25) is 0 Å². The fourth-order valence-corrected chi connectivity index (χ4v) is 13.4. The van der Waals surface area contributed by atoms with Gasteiger partial charge in [-0.15, -0.1) is 0 Å². The highest BCUT2D eigenvalue weighted by Crippen LogP contribution is 2.72. The van der Waals surface area contributed by atoms with Crippen LogP contribution >= 0.6 is 11.8 Å². The minimum absolute atomic E-state index is 0.0483. The van der Waals surface area contributed by atoms with Crippen LogP contribution in [-0.4, -0.2) is 9.97 Å². The third-order valence-electron chi connectivity index (χ3n) is 14.3. The van der Waals surface area contributed by atoms with Crippen LogP contribution in [0.2, 0.25) is 0 Å². The van der Waals surface area contributed by atoms with Crippen molar-refractivity contribution in [2.75, 3.05) is 0 Å². The minimum Gasteiger partial charge on any atom is -0.455 e. The minimum atomic E-state index is -0.0483. The van der Waals surface area contributed by atoms with Gasteiger partial charge in [-0.1, -0.05) is 133 Å². The van der Waals surface area contributed by atoms with Gasteiger partial charge in [-0.2, -0.15) is 0 Å². The van der Waals surface area contributed by atoms with E-state index in [1.165, 1.54) is 86.0 Å². The topological polar surface area (TPSA) is 35.0 Å². The van der Waals surface area contributed by atoms with Crippen LogP contribution in [0.15, 0.2) is 168 Å². The standard InChI is InChI=1S/C54H40N2OS/c1-3-12-34(13-4-1)36-16-11-17-37(29-36)46-31-45(35-14-5-2-6-15-35)55-53(56-46)42-30-44-50(41-19-8-7-18-40(41)42)51-43(54(44)38-25-32-24-33(27-38)28-39(54)26-32)22-23-48-52(51)58-49-21-10-9-20-47(49)57-48/h1-23,29-33,38-39H,24-28H2. The molecule has 4 bridgehead atoms. The van der Waals surface area contributed by atoms with Crippen molar-refractivity contribution in [3.8, 4) is 67.7 Å². The summed E-state index contributed by atoms with van der Waals surface area (Å²) in [5.74, 6) is 5.64. The first-order chi connectivity index (χ1) is 28.7. The van der Waals surface area contributed by atoms with Crippen LogP contribution in [0.25, 0.3) is 66.9 Å². The molecule has 0 saturated heterocycles. The lowest BCUT2D eigenvalue weighted by atomic mass is 9.43. The molecule has 4 heteroatoms. The van der Waals surface area contributed by atoms with Crippen molar-refractivity contribution in [2.24, 2.45) is 23.7 Å². The van der Waals surface area contributed by atoms with E-state index in [1.54, 1.807) is 0 Å². The van der Waals surface area contributed by atoms with Gasteiger partial charge in [0.15, 0.2) is 5.82 Å². The van der Waals surface area contributed by atoms with Crippen molar-refractivity contribution >= 4 is 22.5 Å². The molecule has 58 heavy (non-hydrogen) atoms. The van der Waals surface area contributed by atoms with Crippen LogP contribution in [0, 0.1) is 23.7 Å². The monoisotopic (exact) mass is 764 g/mol. The van der Waals surface area contributed by atoms with E-state index in [1.807, 2.05) is 11.8 Å². The number of aromatic nitrogens is 2. The van der Waals surface area contributed by atoms with E-state index < -0.39 is 0 Å². The van der Waals surface area contributed by atoms with Gasteiger partial charge in [0.25, 0.3) is 0 Å². The van der Waals surface area contributed by atoms with E-state index in [2.05, 4.69) is 158 Å². The highest BCUT2D eigenvalue weighted by atomic mass is 32.2. The zero-order chi connectivity index (χ0) is 38.0. The summed E-state index contributed by atoms with van der Waals surface area (Å²) in [6, 6.07) is 57.2. The lowest BCUT2D eigenvalue weighted by Gasteiger charge is -2.61. The molecule has 7 aromatic carbocycles. The molecular weight excluding hydrogens is 725 g/mol. The predicted molar refractivity (Wildman–Crippen MR) is 235 cm³/mol. The molecule has 8 aromatic rings. The number of fused-ring (bicyclic) bond motifs is 8. The lowest BCUT2D eigenvalue weighted by Crippen LogP contribution is -2.55. The molecule has 1 aromatic heterocycles. The Morgan fingerprint density at radius 3 is 1.90 bits per heavy atom. The Bertz CT molecular complexity index is 2950. The summed E-state index contributed by atoms with van der Waals surface area (Å²) >= 11 is 1.89. The summed E-state index contributed by atoms with van der Waals surface area (Å²) in [4.78, 5) is 13.5. The molecule has 278 valence electrons. The summed E-state index contributed by atoms with van der Waals surface area (Å²) in [6.45, 7) is 0. The van der Waals surface area contributed by atoms with Crippen molar-refractivity contribution in [3.05, 3.63) is 169 Å². The normalized spacial score (nSPS) is 23.0. The Labute approximate surface area is 343 Å². The molecule has 0 atom stereocenters. The number of para-hydroxylation sites is 1. The fraction of sp³-hybridized carbons (Fsp3) is 0.185. The van der Waals surface area contributed by atoms with Crippen molar-refractivity contribution < 1.29 is 4.74 Å². The van der Waals surface area contributed by atoms with Gasteiger partial charge in [0.2, 0.25) is 0 Å². The van der Waals surface area contributed by atoms with Gasteiger partial charge in [-0.05, 0) is 131 Å². The van der Waals surface area contributed by atoms with Crippen molar-refractivity contribution in [3.63, 3.8) is 0 Å². The molecule has 3 nitrogen and oxygen atoms in total. The number of hydrogen-bond donors (Lipinski definition) is 0. The Hall–Kier alpha value is -5.97. The molecule has 14 rings (SSSR count). The lowest BCUT2D eigenvalue weighted by molar-refractivity contribution is -0.0399. The van der Waals surface area contributed by atoms with E-state index in [-0.39, 0.29) is 5.41 Å². The second-order valence-corrected chi connectivity index (χ2v) is 18.4. The molecule has 5 aliphatic carbocycles. The van der Waals surface area contributed by atoms with E-state index in [0.29, 0.717) is 11.8 Å². The third kappa shape index (κ3) is 4.76. The van der Waals surface area contributed by atoms with Gasteiger partial charge in [0, 0.05) is 27.7 Å². The maximum Gasteiger partial charge on any atom is 0.161 e. The van der Waals surface area contributed by atoms with Gasteiger partial charge < -0.3 is 4.74 Å². The number of benzene rings is 7. The van der Waals surface area contributed by atoms with E-state index in [9.17, 15) is 0 Å². The molecule has 4 saturated carbocycles. The van der Waals surface area contributed by atoms with Crippen molar-refractivity contribution in [2.45, 2.75) is 47.3 Å². The molecule has 0 unspecified atom stereocenters. The Balaban J connectivity index is 1.08. The smallest absolute Gasteiger partial charge is 0.161 e. The predicted octanol–water partition coefficient (Wildman–Crippen LogP) is 14.3. The largest absolute Gasteiger partial charge is 0.455 e. The molecule has 0 radical (unpaired) electrons.